The Balaban J connectivity index is 2.32. The Morgan fingerprint density at radius 2 is 1.67 bits per heavy atom. The van der Waals surface area contributed by atoms with Crippen LogP contribution in [-0.4, -0.2) is 42.6 Å². The van der Waals surface area contributed by atoms with Crippen molar-refractivity contribution >= 4 is 17.5 Å². The zero-order valence-electron chi connectivity index (χ0n) is 17.1. The van der Waals surface area contributed by atoms with Gasteiger partial charge in [-0.2, -0.15) is 0 Å². The van der Waals surface area contributed by atoms with Crippen LogP contribution in [0.2, 0.25) is 0 Å². The molecule has 0 fully saturated rings. The Morgan fingerprint density at radius 3 is 2.26 bits per heavy atom. The maximum atomic E-state index is 12.1. The van der Waals surface area contributed by atoms with Crippen LogP contribution in [0.3, 0.4) is 0 Å². The minimum absolute atomic E-state index is 0.0174. The van der Waals surface area contributed by atoms with Gasteiger partial charge in [0.15, 0.2) is 0 Å². The van der Waals surface area contributed by atoms with Gasteiger partial charge in [0.25, 0.3) is 0 Å². The molecule has 1 amide bonds. The van der Waals surface area contributed by atoms with E-state index in [-0.39, 0.29) is 36.9 Å². The van der Waals surface area contributed by atoms with Crippen molar-refractivity contribution in [3.05, 3.63) is 35.4 Å². The van der Waals surface area contributed by atoms with Gasteiger partial charge in [-0.05, 0) is 30.4 Å². The summed E-state index contributed by atoms with van der Waals surface area (Å²) < 4.78 is 5.47. The second kappa shape index (κ2) is 12.4. The number of likely N-dealkylation sites (N-methyl/N-ethyl adjacent to an activating group) is 1. The molecule has 27 heavy (non-hydrogen) atoms. The van der Waals surface area contributed by atoms with Gasteiger partial charge in [0.05, 0.1) is 6.42 Å². The van der Waals surface area contributed by atoms with E-state index in [9.17, 15) is 14.4 Å². The van der Waals surface area contributed by atoms with Crippen molar-refractivity contribution in [2.24, 2.45) is 5.92 Å². The monoisotopic (exact) mass is 375 g/mol. The Morgan fingerprint density at radius 1 is 1.04 bits per heavy atom. The first kappa shape index (κ1) is 23.0. The molecular formula is C22H33NO4. The number of ketones is 2. The molecule has 0 heterocycles. The summed E-state index contributed by atoms with van der Waals surface area (Å²) >= 11 is 0. The molecular weight excluding hydrogens is 342 g/mol. The molecule has 1 rings (SSSR count). The van der Waals surface area contributed by atoms with E-state index in [1.807, 2.05) is 24.3 Å². The Hall–Kier alpha value is -2.01. The summed E-state index contributed by atoms with van der Waals surface area (Å²) in [6, 6.07) is 7.56. The van der Waals surface area contributed by atoms with E-state index in [0.29, 0.717) is 19.1 Å². The number of hydrogen-bond acceptors (Lipinski definition) is 4. The molecule has 0 atom stereocenters. The summed E-state index contributed by atoms with van der Waals surface area (Å²) in [5.41, 5.74) is 1.87. The zero-order chi connectivity index (χ0) is 20.2. The van der Waals surface area contributed by atoms with E-state index in [2.05, 4.69) is 13.8 Å². The number of amides is 1. The van der Waals surface area contributed by atoms with Crippen LogP contribution in [-0.2, 0) is 32.1 Å². The molecule has 0 aliphatic rings. The topological polar surface area (TPSA) is 63.7 Å². The Labute approximate surface area is 163 Å². The summed E-state index contributed by atoms with van der Waals surface area (Å²) in [5, 5.41) is 0. The number of rotatable bonds is 13. The van der Waals surface area contributed by atoms with Gasteiger partial charge in [0.1, 0.15) is 18.2 Å². The molecule has 5 heteroatoms. The summed E-state index contributed by atoms with van der Waals surface area (Å²) in [5.74, 6) is 0.475. The second-order valence-corrected chi connectivity index (χ2v) is 7.60. The summed E-state index contributed by atoms with van der Waals surface area (Å²) in [6.07, 6.45) is 3.55. The van der Waals surface area contributed by atoms with Crippen molar-refractivity contribution in [2.45, 2.75) is 59.4 Å². The van der Waals surface area contributed by atoms with Crippen LogP contribution in [0.15, 0.2) is 24.3 Å². The van der Waals surface area contributed by atoms with Crippen molar-refractivity contribution in [3.8, 4) is 0 Å². The molecule has 0 saturated heterocycles. The highest BCUT2D eigenvalue weighted by atomic mass is 16.5. The highest BCUT2D eigenvalue weighted by Crippen LogP contribution is 2.09. The first-order valence-electron chi connectivity index (χ1n) is 9.68. The highest BCUT2D eigenvalue weighted by Gasteiger charge is 2.10. The number of hydrogen-bond donors (Lipinski definition) is 0. The SMILES string of the molecule is CC(=O)CC(=O)Cc1ccc(CN(C)C(=O)COCCCCC(C)C)cc1. The van der Waals surface area contributed by atoms with Crippen LogP contribution in [0.5, 0.6) is 0 Å². The van der Waals surface area contributed by atoms with Crippen LogP contribution >= 0.6 is 0 Å². The van der Waals surface area contributed by atoms with Crippen LogP contribution in [0.25, 0.3) is 0 Å². The number of carbonyl (C=O) groups is 3. The molecule has 0 unspecified atom stereocenters. The number of unbranched alkanes of at least 4 members (excludes halogenated alkanes) is 1. The number of ether oxygens (including phenoxy) is 1. The quantitative estimate of drug-likeness (QED) is 0.390. The van der Waals surface area contributed by atoms with Crippen LogP contribution in [0.1, 0.15) is 57.6 Å². The third-order valence-corrected chi connectivity index (χ3v) is 4.26. The van der Waals surface area contributed by atoms with Gasteiger partial charge >= 0.3 is 0 Å². The Bertz CT molecular complexity index is 607. The van der Waals surface area contributed by atoms with Gasteiger partial charge < -0.3 is 9.64 Å². The molecule has 0 radical (unpaired) electrons. The average Bonchev–Trinajstić information content (AvgIpc) is 2.58. The molecule has 0 spiro atoms. The lowest BCUT2D eigenvalue weighted by Gasteiger charge is -2.17. The van der Waals surface area contributed by atoms with Crippen LogP contribution in [0.4, 0.5) is 0 Å². The van der Waals surface area contributed by atoms with Gasteiger partial charge in [-0.1, -0.05) is 51.0 Å². The van der Waals surface area contributed by atoms with Gasteiger partial charge in [0, 0.05) is 26.6 Å². The zero-order valence-corrected chi connectivity index (χ0v) is 17.1. The third kappa shape index (κ3) is 10.7. The van der Waals surface area contributed by atoms with Crippen molar-refractivity contribution in [1.82, 2.24) is 4.90 Å². The molecule has 5 nitrogen and oxygen atoms in total. The highest BCUT2D eigenvalue weighted by molar-refractivity contribution is 5.98. The molecule has 0 aliphatic carbocycles. The first-order chi connectivity index (χ1) is 12.8. The van der Waals surface area contributed by atoms with E-state index in [0.717, 1.165) is 24.0 Å². The summed E-state index contributed by atoms with van der Waals surface area (Å²) in [4.78, 5) is 36.4. The van der Waals surface area contributed by atoms with E-state index < -0.39 is 0 Å². The minimum Gasteiger partial charge on any atom is -0.372 e. The van der Waals surface area contributed by atoms with Crippen molar-refractivity contribution in [2.75, 3.05) is 20.3 Å². The molecule has 0 bridgehead atoms. The molecule has 1 aromatic carbocycles. The van der Waals surface area contributed by atoms with E-state index in [4.69, 9.17) is 4.74 Å². The average molecular weight is 376 g/mol. The fourth-order valence-corrected chi connectivity index (χ4v) is 2.72. The summed E-state index contributed by atoms with van der Waals surface area (Å²) in [7, 11) is 1.76. The van der Waals surface area contributed by atoms with Crippen molar-refractivity contribution < 1.29 is 19.1 Å². The van der Waals surface area contributed by atoms with Gasteiger partial charge in [0.2, 0.25) is 5.91 Å². The number of carbonyl (C=O) groups excluding carboxylic acids is 3. The molecule has 0 aromatic heterocycles. The molecule has 1 aromatic rings. The molecule has 0 N–H and O–H groups in total. The van der Waals surface area contributed by atoms with Gasteiger partial charge in [-0.15, -0.1) is 0 Å². The third-order valence-electron chi connectivity index (χ3n) is 4.26. The maximum Gasteiger partial charge on any atom is 0.248 e. The first-order valence-corrected chi connectivity index (χ1v) is 9.68. The number of nitrogens with zero attached hydrogens (tertiary/aromatic N) is 1. The summed E-state index contributed by atoms with van der Waals surface area (Å²) in [6.45, 7) is 7.05. The van der Waals surface area contributed by atoms with E-state index >= 15 is 0 Å². The lowest BCUT2D eigenvalue weighted by molar-refractivity contribution is -0.135. The van der Waals surface area contributed by atoms with Crippen molar-refractivity contribution in [1.29, 1.82) is 0 Å². The standard InChI is InChI=1S/C22H33NO4/c1-17(2)7-5-6-12-27-16-22(26)23(4)15-20-10-8-19(9-11-20)14-21(25)13-18(3)24/h8-11,17H,5-7,12-16H2,1-4H3. The van der Waals surface area contributed by atoms with Crippen molar-refractivity contribution in [3.63, 3.8) is 0 Å². The lowest BCUT2D eigenvalue weighted by Crippen LogP contribution is -2.30. The van der Waals surface area contributed by atoms with Crippen LogP contribution < -0.4 is 0 Å². The van der Waals surface area contributed by atoms with E-state index in [1.54, 1.807) is 11.9 Å². The fraction of sp³-hybridized carbons (Fsp3) is 0.591. The maximum absolute atomic E-state index is 12.1. The number of benzene rings is 1. The van der Waals surface area contributed by atoms with Gasteiger partial charge in [-0.25, -0.2) is 0 Å². The predicted octanol–water partition coefficient (Wildman–Crippen LogP) is 3.58. The largest absolute Gasteiger partial charge is 0.372 e. The number of Topliss-reactive ketones (excluding diaryl/α,β-unsaturated/α-hetero) is 2. The second-order valence-electron chi connectivity index (χ2n) is 7.60. The van der Waals surface area contributed by atoms with Gasteiger partial charge in [-0.3, -0.25) is 14.4 Å². The minimum atomic E-state index is -0.112. The molecule has 0 saturated carbocycles. The Kier molecular flexibility index (Phi) is 10.6. The lowest BCUT2D eigenvalue weighted by atomic mass is 10.0. The fourth-order valence-electron chi connectivity index (χ4n) is 2.72. The molecule has 0 aliphatic heterocycles. The normalized spacial score (nSPS) is 10.9. The van der Waals surface area contributed by atoms with E-state index in [1.165, 1.54) is 13.3 Å². The molecule has 150 valence electrons. The smallest absolute Gasteiger partial charge is 0.248 e. The van der Waals surface area contributed by atoms with Crippen LogP contribution in [0, 0.1) is 5.92 Å². The predicted molar refractivity (Wildman–Crippen MR) is 106 cm³/mol.